The van der Waals surface area contributed by atoms with Crippen molar-refractivity contribution in [1.82, 2.24) is 24.2 Å². The van der Waals surface area contributed by atoms with Crippen molar-refractivity contribution in [3.8, 4) is 0 Å². The molecule has 9 heteroatoms. The number of amides is 1. The molecule has 0 N–H and O–H groups in total. The summed E-state index contributed by atoms with van der Waals surface area (Å²) in [5, 5.41) is 4.35. The minimum atomic E-state index is -0.516. The number of hydrogen-bond donors (Lipinski definition) is 0. The summed E-state index contributed by atoms with van der Waals surface area (Å²) in [6, 6.07) is 5.93. The third-order valence-electron chi connectivity index (χ3n) is 5.51. The third kappa shape index (κ3) is 3.24. The number of aromatic nitrogens is 4. The first kappa shape index (κ1) is 20.1. The zero-order valence-corrected chi connectivity index (χ0v) is 17.6. The molecule has 158 valence electrons. The summed E-state index contributed by atoms with van der Waals surface area (Å²) in [5.74, 6) is -0.255. The van der Waals surface area contributed by atoms with E-state index in [0.29, 0.717) is 48.9 Å². The highest BCUT2D eigenvalue weighted by molar-refractivity contribution is 5.94. The molecule has 1 saturated heterocycles. The van der Waals surface area contributed by atoms with Gasteiger partial charge in [-0.1, -0.05) is 12.1 Å². The fourth-order valence-electron chi connectivity index (χ4n) is 3.98. The third-order valence-corrected chi connectivity index (χ3v) is 5.51. The van der Waals surface area contributed by atoms with Gasteiger partial charge in [-0.25, -0.2) is 9.37 Å². The van der Waals surface area contributed by atoms with Gasteiger partial charge in [0.1, 0.15) is 11.3 Å². The van der Waals surface area contributed by atoms with Crippen LogP contribution in [0.5, 0.6) is 0 Å². The lowest BCUT2D eigenvalue weighted by molar-refractivity contribution is 0.0741. The van der Waals surface area contributed by atoms with Gasteiger partial charge >= 0.3 is 0 Å². The highest BCUT2D eigenvalue weighted by atomic mass is 19.1. The second-order valence-corrected chi connectivity index (χ2v) is 7.85. The van der Waals surface area contributed by atoms with E-state index in [4.69, 9.17) is 4.98 Å². The molecule has 1 aliphatic heterocycles. The van der Waals surface area contributed by atoms with E-state index < -0.39 is 5.82 Å². The first-order valence-electron chi connectivity index (χ1n) is 10.0. The first-order valence-corrected chi connectivity index (χ1v) is 10.0. The predicted molar refractivity (Wildman–Crippen MR) is 112 cm³/mol. The standard InChI is InChI=1S/C21H25FN6O2/c1-13(2)28-20(30)18-17(14(3)24-25(18)4)23-21(28)27-11-9-26(10-12-27)19(29)15-7-5-6-8-16(15)22/h5-8,13H,9-12H2,1-4H3. The van der Waals surface area contributed by atoms with Gasteiger partial charge in [-0.15, -0.1) is 0 Å². The van der Waals surface area contributed by atoms with Crippen molar-refractivity contribution in [3.63, 3.8) is 0 Å². The summed E-state index contributed by atoms with van der Waals surface area (Å²) >= 11 is 0. The average Bonchev–Trinajstić information content (AvgIpc) is 3.01. The van der Waals surface area contributed by atoms with Crippen molar-refractivity contribution in [2.24, 2.45) is 7.05 Å². The molecular weight excluding hydrogens is 387 g/mol. The lowest BCUT2D eigenvalue weighted by Crippen LogP contribution is -2.50. The molecule has 0 spiro atoms. The van der Waals surface area contributed by atoms with Crippen LogP contribution in [-0.2, 0) is 7.05 Å². The van der Waals surface area contributed by atoms with Gasteiger partial charge < -0.3 is 9.80 Å². The Morgan fingerprint density at radius 1 is 1.13 bits per heavy atom. The van der Waals surface area contributed by atoms with E-state index in [-0.39, 0.29) is 23.1 Å². The van der Waals surface area contributed by atoms with Gasteiger partial charge in [-0.05, 0) is 32.9 Å². The molecular formula is C21H25FN6O2. The number of fused-ring (bicyclic) bond motifs is 1. The Morgan fingerprint density at radius 2 is 1.80 bits per heavy atom. The number of hydrogen-bond acceptors (Lipinski definition) is 5. The van der Waals surface area contributed by atoms with E-state index in [1.165, 1.54) is 12.1 Å². The Bertz CT molecular complexity index is 1170. The number of aryl methyl sites for hydroxylation is 2. The van der Waals surface area contributed by atoms with Crippen LogP contribution in [0.3, 0.4) is 0 Å². The zero-order chi connectivity index (χ0) is 21.6. The minimum absolute atomic E-state index is 0.0792. The SMILES string of the molecule is Cc1nn(C)c2c(=O)n(C(C)C)c(N3CCN(C(=O)c4ccccc4F)CC3)nc12. The highest BCUT2D eigenvalue weighted by Gasteiger charge is 2.28. The van der Waals surface area contributed by atoms with Gasteiger partial charge in [0, 0.05) is 39.3 Å². The van der Waals surface area contributed by atoms with Crippen molar-refractivity contribution in [2.75, 3.05) is 31.1 Å². The molecule has 0 saturated carbocycles. The maximum absolute atomic E-state index is 14.0. The summed E-state index contributed by atoms with van der Waals surface area (Å²) in [6.45, 7) is 7.58. The molecule has 0 unspecified atom stereocenters. The smallest absolute Gasteiger partial charge is 0.281 e. The summed E-state index contributed by atoms with van der Waals surface area (Å²) in [6.07, 6.45) is 0. The zero-order valence-electron chi connectivity index (χ0n) is 17.6. The second-order valence-electron chi connectivity index (χ2n) is 7.85. The highest BCUT2D eigenvalue weighted by Crippen LogP contribution is 2.22. The van der Waals surface area contributed by atoms with E-state index in [0.717, 1.165) is 0 Å². The number of carbonyl (C=O) groups is 1. The number of benzene rings is 1. The summed E-state index contributed by atoms with van der Waals surface area (Å²) in [7, 11) is 1.75. The summed E-state index contributed by atoms with van der Waals surface area (Å²) < 4.78 is 17.3. The van der Waals surface area contributed by atoms with Crippen molar-refractivity contribution in [3.05, 3.63) is 51.7 Å². The van der Waals surface area contributed by atoms with Crippen LogP contribution in [0, 0.1) is 12.7 Å². The molecule has 3 heterocycles. The Hall–Kier alpha value is -3.23. The van der Waals surface area contributed by atoms with Crippen LogP contribution in [0.2, 0.25) is 0 Å². The Morgan fingerprint density at radius 3 is 2.43 bits per heavy atom. The van der Waals surface area contributed by atoms with Gasteiger partial charge in [0.2, 0.25) is 5.95 Å². The van der Waals surface area contributed by atoms with Crippen LogP contribution < -0.4 is 10.5 Å². The van der Waals surface area contributed by atoms with E-state index in [2.05, 4.69) is 5.10 Å². The molecule has 0 bridgehead atoms. The molecule has 3 aromatic rings. The van der Waals surface area contributed by atoms with Gasteiger partial charge in [0.05, 0.1) is 11.3 Å². The molecule has 1 amide bonds. The lowest BCUT2D eigenvalue weighted by atomic mass is 10.1. The van der Waals surface area contributed by atoms with E-state index in [1.54, 1.807) is 33.3 Å². The monoisotopic (exact) mass is 412 g/mol. The molecule has 2 aromatic heterocycles. The van der Waals surface area contributed by atoms with Crippen LogP contribution >= 0.6 is 0 Å². The largest absolute Gasteiger partial charge is 0.339 e. The summed E-state index contributed by atoms with van der Waals surface area (Å²) in [4.78, 5) is 34.3. The molecule has 30 heavy (non-hydrogen) atoms. The quantitative estimate of drug-likeness (QED) is 0.659. The molecule has 4 rings (SSSR count). The number of carbonyl (C=O) groups excluding carboxylic acids is 1. The molecule has 0 atom stereocenters. The topological polar surface area (TPSA) is 76.3 Å². The molecule has 8 nitrogen and oxygen atoms in total. The fourth-order valence-corrected chi connectivity index (χ4v) is 3.98. The van der Waals surface area contributed by atoms with Gasteiger partial charge in [0.25, 0.3) is 11.5 Å². The van der Waals surface area contributed by atoms with Crippen LogP contribution in [0.1, 0.15) is 35.9 Å². The predicted octanol–water partition coefficient (Wildman–Crippen LogP) is 2.12. The second kappa shape index (κ2) is 7.55. The molecule has 0 radical (unpaired) electrons. The fraction of sp³-hybridized carbons (Fsp3) is 0.429. The van der Waals surface area contributed by atoms with Crippen LogP contribution in [0.15, 0.2) is 29.1 Å². The summed E-state index contributed by atoms with van der Waals surface area (Å²) in [5.41, 5.74) is 1.74. The molecule has 1 aromatic carbocycles. The molecule has 0 aliphatic carbocycles. The number of rotatable bonds is 3. The van der Waals surface area contributed by atoms with E-state index in [9.17, 15) is 14.0 Å². The Kier molecular flexibility index (Phi) is 5.05. The Balaban J connectivity index is 1.64. The van der Waals surface area contributed by atoms with E-state index >= 15 is 0 Å². The van der Waals surface area contributed by atoms with Gasteiger partial charge in [-0.3, -0.25) is 18.8 Å². The number of halogens is 1. The van der Waals surface area contributed by atoms with Gasteiger partial charge in [0.15, 0.2) is 5.52 Å². The first-order chi connectivity index (χ1) is 14.3. The maximum Gasteiger partial charge on any atom is 0.281 e. The van der Waals surface area contributed by atoms with Crippen LogP contribution in [0.4, 0.5) is 10.3 Å². The van der Waals surface area contributed by atoms with Crippen molar-refractivity contribution >= 4 is 22.9 Å². The van der Waals surface area contributed by atoms with Crippen molar-refractivity contribution < 1.29 is 9.18 Å². The average molecular weight is 412 g/mol. The van der Waals surface area contributed by atoms with Crippen molar-refractivity contribution in [1.29, 1.82) is 0 Å². The van der Waals surface area contributed by atoms with Crippen LogP contribution in [-0.4, -0.2) is 56.3 Å². The number of anilines is 1. The van der Waals surface area contributed by atoms with Crippen molar-refractivity contribution in [2.45, 2.75) is 26.8 Å². The van der Waals surface area contributed by atoms with Gasteiger partial charge in [-0.2, -0.15) is 5.10 Å². The number of piperazine rings is 1. The number of nitrogens with zero attached hydrogens (tertiary/aromatic N) is 6. The molecule has 1 aliphatic rings. The Labute approximate surface area is 173 Å². The maximum atomic E-state index is 14.0. The molecule has 1 fully saturated rings. The van der Waals surface area contributed by atoms with E-state index in [1.807, 2.05) is 25.7 Å². The normalized spacial score (nSPS) is 14.7. The minimum Gasteiger partial charge on any atom is -0.339 e. The lowest BCUT2D eigenvalue weighted by Gasteiger charge is -2.36. The van der Waals surface area contributed by atoms with Crippen LogP contribution in [0.25, 0.3) is 11.0 Å².